The molecule has 37 heavy (non-hydrogen) atoms. The van der Waals surface area contributed by atoms with Gasteiger partial charge in [0.05, 0.1) is 12.7 Å². The van der Waals surface area contributed by atoms with Crippen LogP contribution in [-0.4, -0.2) is 62.5 Å². The first kappa shape index (κ1) is 30.8. The van der Waals surface area contributed by atoms with Crippen LogP contribution in [0.15, 0.2) is 59.6 Å². The van der Waals surface area contributed by atoms with Crippen LogP contribution in [0.25, 0.3) is 5.57 Å². The first-order valence-electron chi connectivity index (χ1n) is 13.6. The molecule has 0 radical (unpaired) electrons. The largest absolute Gasteiger partial charge is 0.375 e. The Kier molecular flexibility index (Phi) is 12.5. The molecule has 3 aliphatic heterocycles. The summed E-state index contributed by atoms with van der Waals surface area (Å²) in [4.78, 5) is 13.7. The molecule has 0 amide bonds. The van der Waals surface area contributed by atoms with Crippen LogP contribution in [0.3, 0.4) is 0 Å². The molecule has 0 spiro atoms. The fourth-order valence-electron chi connectivity index (χ4n) is 4.94. The van der Waals surface area contributed by atoms with E-state index in [2.05, 4.69) is 99.4 Å². The topological polar surface area (TPSA) is 44.8 Å². The number of rotatable bonds is 2. The van der Waals surface area contributed by atoms with Gasteiger partial charge in [-0.05, 0) is 109 Å². The highest BCUT2D eigenvalue weighted by Crippen LogP contribution is 2.36. The van der Waals surface area contributed by atoms with Gasteiger partial charge in [0.2, 0.25) is 0 Å². The number of carbonyl (C=O) groups excluding carboxylic acids is 1. The Morgan fingerprint density at radius 2 is 1.84 bits per heavy atom. The number of aldehydes is 1. The molecular weight excluding hydrogens is 458 g/mol. The van der Waals surface area contributed by atoms with E-state index in [-0.39, 0.29) is 6.10 Å². The molecule has 5 heteroatoms. The van der Waals surface area contributed by atoms with Crippen molar-refractivity contribution in [2.24, 2.45) is 5.92 Å². The van der Waals surface area contributed by atoms with Gasteiger partial charge >= 0.3 is 0 Å². The van der Waals surface area contributed by atoms with Crippen LogP contribution < -0.4 is 5.32 Å². The van der Waals surface area contributed by atoms with E-state index in [1.54, 1.807) is 0 Å². The zero-order valence-corrected chi connectivity index (χ0v) is 24.6. The average molecular weight is 508 g/mol. The summed E-state index contributed by atoms with van der Waals surface area (Å²) in [5.41, 5.74) is 9.55. The molecular formula is C32H49N3O2. The number of hydrogen-bond donors (Lipinski definition) is 1. The maximum Gasteiger partial charge on any atom is 0.116 e. The number of morpholine rings is 1. The molecule has 3 unspecified atom stereocenters. The van der Waals surface area contributed by atoms with Crippen molar-refractivity contribution >= 4 is 11.9 Å². The van der Waals surface area contributed by atoms with Crippen molar-refractivity contribution in [3.63, 3.8) is 0 Å². The van der Waals surface area contributed by atoms with Crippen LogP contribution in [-0.2, 0) is 16.0 Å². The fraction of sp³-hybridized carbons (Fsp3) is 0.531. The summed E-state index contributed by atoms with van der Waals surface area (Å²) >= 11 is 0. The van der Waals surface area contributed by atoms with E-state index in [9.17, 15) is 0 Å². The van der Waals surface area contributed by atoms with Gasteiger partial charge in [-0.3, -0.25) is 4.90 Å². The first-order chi connectivity index (χ1) is 17.6. The number of nitrogens with zero attached hydrogens (tertiary/aromatic N) is 2. The fourth-order valence-corrected chi connectivity index (χ4v) is 4.94. The lowest BCUT2D eigenvalue weighted by Crippen LogP contribution is -2.46. The quantitative estimate of drug-likeness (QED) is 0.489. The lowest BCUT2D eigenvalue weighted by atomic mass is 9.89. The van der Waals surface area contributed by atoms with Gasteiger partial charge in [0.15, 0.2) is 0 Å². The van der Waals surface area contributed by atoms with Crippen molar-refractivity contribution < 1.29 is 9.53 Å². The molecule has 0 aliphatic carbocycles. The highest BCUT2D eigenvalue weighted by Gasteiger charge is 2.28. The van der Waals surface area contributed by atoms with Crippen LogP contribution in [0.5, 0.6) is 0 Å². The number of fused-ring (bicyclic) bond motifs is 2. The van der Waals surface area contributed by atoms with Crippen LogP contribution >= 0.6 is 0 Å². The van der Waals surface area contributed by atoms with E-state index < -0.39 is 0 Å². The third-order valence-electron chi connectivity index (χ3n) is 7.09. The van der Waals surface area contributed by atoms with Gasteiger partial charge in [0.25, 0.3) is 0 Å². The minimum Gasteiger partial charge on any atom is -0.375 e. The highest BCUT2D eigenvalue weighted by molar-refractivity contribution is 5.71. The zero-order valence-electron chi connectivity index (χ0n) is 24.6. The summed E-state index contributed by atoms with van der Waals surface area (Å²) in [6.45, 7) is 14.5. The second kappa shape index (κ2) is 15.1. The average Bonchev–Trinajstić information content (AvgIpc) is 2.84. The van der Waals surface area contributed by atoms with E-state index >= 15 is 0 Å². The van der Waals surface area contributed by atoms with Gasteiger partial charge in [0.1, 0.15) is 6.29 Å². The van der Waals surface area contributed by atoms with Gasteiger partial charge in [0, 0.05) is 36.6 Å². The van der Waals surface area contributed by atoms with Gasteiger partial charge < -0.3 is 19.7 Å². The van der Waals surface area contributed by atoms with Crippen molar-refractivity contribution in [2.75, 3.05) is 34.3 Å². The summed E-state index contributed by atoms with van der Waals surface area (Å²) in [7, 11) is 5.97. The first-order valence-corrected chi connectivity index (χ1v) is 13.6. The van der Waals surface area contributed by atoms with Crippen molar-refractivity contribution in [2.45, 2.75) is 73.0 Å². The Hall–Kier alpha value is -2.47. The third-order valence-corrected chi connectivity index (χ3v) is 7.09. The van der Waals surface area contributed by atoms with E-state index in [4.69, 9.17) is 9.53 Å². The molecule has 1 N–H and O–H groups in total. The molecule has 1 aromatic carbocycles. The van der Waals surface area contributed by atoms with Crippen LogP contribution in [0, 0.1) is 12.8 Å². The Morgan fingerprint density at radius 1 is 1.16 bits per heavy atom. The zero-order chi connectivity index (χ0) is 27.5. The molecule has 1 aromatic rings. The molecule has 204 valence electrons. The van der Waals surface area contributed by atoms with Gasteiger partial charge in [-0.2, -0.15) is 0 Å². The minimum absolute atomic E-state index is 0.210. The predicted octanol–water partition coefficient (Wildman–Crippen LogP) is 6.12. The molecule has 1 saturated heterocycles. The van der Waals surface area contributed by atoms with E-state index in [1.807, 2.05) is 14.1 Å². The molecule has 3 heterocycles. The molecule has 4 rings (SSSR count). The molecule has 3 atom stereocenters. The number of nitrogens with one attached hydrogen (secondary N) is 1. The van der Waals surface area contributed by atoms with Crippen molar-refractivity contribution in [1.82, 2.24) is 15.1 Å². The summed E-state index contributed by atoms with van der Waals surface area (Å²) in [6.07, 6.45) is 13.4. The Labute approximate surface area is 226 Å². The predicted molar refractivity (Wildman–Crippen MR) is 157 cm³/mol. The smallest absolute Gasteiger partial charge is 0.116 e. The Bertz CT molecular complexity index is 1020. The number of ether oxygens (including phenoxy) is 1. The maximum absolute atomic E-state index is 8.81. The molecule has 5 nitrogen and oxygen atoms in total. The Balaban J connectivity index is 0.000000733. The highest BCUT2D eigenvalue weighted by atomic mass is 16.5. The summed E-state index contributed by atoms with van der Waals surface area (Å²) in [6, 6.07) is 7.46. The second-order valence-corrected chi connectivity index (χ2v) is 10.6. The second-order valence-electron chi connectivity index (χ2n) is 10.6. The minimum atomic E-state index is 0.210. The van der Waals surface area contributed by atoms with Crippen molar-refractivity contribution in [3.05, 3.63) is 76.3 Å². The summed E-state index contributed by atoms with van der Waals surface area (Å²) < 4.78 is 6.31. The number of likely N-dealkylation sites (N-methyl/N-ethyl adjacent to an activating group) is 1. The number of benzene rings is 1. The van der Waals surface area contributed by atoms with Crippen molar-refractivity contribution in [1.29, 1.82) is 0 Å². The van der Waals surface area contributed by atoms with E-state index in [0.29, 0.717) is 12.0 Å². The monoisotopic (exact) mass is 507 g/mol. The van der Waals surface area contributed by atoms with Gasteiger partial charge in [-0.1, -0.05) is 36.8 Å². The molecule has 3 aliphatic rings. The normalized spacial score (nSPS) is 27.2. The van der Waals surface area contributed by atoms with Crippen LogP contribution in [0.2, 0.25) is 0 Å². The molecule has 1 fully saturated rings. The number of allylic oxidation sites excluding steroid dienone is 5. The van der Waals surface area contributed by atoms with E-state index in [0.717, 1.165) is 32.3 Å². The SMILES string of the molecule is CC1=C/C2=C\C(C)CCc3cc(C)ccc3/C(C)=C(\CC3CN(C)C(C)CO3)N2C=C1.CC=O.CNC. The van der Waals surface area contributed by atoms with Crippen LogP contribution in [0.4, 0.5) is 0 Å². The number of aryl methyl sites for hydroxylation is 2. The number of hydrogen-bond acceptors (Lipinski definition) is 5. The summed E-state index contributed by atoms with van der Waals surface area (Å²) in [5.74, 6) is 0.527. The lowest BCUT2D eigenvalue weighted by molar-refractivity contribution is -0.106. The van der Waals surface area contributed by atoms with Gasteiger partial charge in [-0.15, -0.1) is 0 Å². The number of carbonyl (C=O) groups is 1. The summed E-state index contributed by atoms with van der Waals surface area (Å²) in [5, 5.41) is 2.75. The molecule has 0 bridgehead atoms. The maximum atomic E-state index is 8.81. The molecule has 0 saturated carbocycles. The van der Waals surface area contributed by atoms with Gasteiger partial charge in [-0.25, -0.2) is 0 Å². The van der Waals surface area contributed by atoms with E-state index in [1.165, 1.54) is 52.6 Å². The lowest BCUT2D eigenvalue weighted by Gasteiger charge is -2.38. The third kappa shape index (κ3) is 8.80. The van der Waals surface area contributed by atoms with Crippen LogP contribution in [0.1, 0.15) is 64.2 Å². The van der Waals surface area contributed by atoms with Crippen molar-refractivity contribution in [3.8, 4) is 0 Å². The standard InChI is InChI=1S/C28H38N2O.C2H7N.C2H4O/c1-19-8-10-27-23(5)28(16-26-17-29(6)22(4)18-31-26)30-12-11-21(3)15-25(30)14-20(2)7-9-24(27)13-19;1-3-2;1-2-3/h8,10-15,20,22,26H,7,9,16-18H2,1-6H3;3H,1-2H3;2H,1H3/b25-14+,28-23+;;. The molecule has 0 aromatic heterocycles. The Morgan fingerprint density at radius 3 is 2.49 bits per heavy atom.